The van der Waals surface area contributed by atoms with E-state index in [2.05, 4.69) is 5.10 Å². The molecule has 5 nitrogen and oxygen atoms in total. The summed E-state index contributed by atoms with van der Waals surface area (Å²) in [5.41, 5.74) is 12.4. The summed E-state index contributed by atoms with van der Waals surface area (Å²) in [6, 6.07) is 6.96. The summed E-state index contributed by atoms with van der Waals surface area (Å²) in [4.78, 5) is 11.2. The average Bonchev–Trinajstić information content (AvgIpc) is 2.65. The topological polar surface area (TPSA) is 86.9 Å². The van der Waals surface area contributed by atoms with Gasteiger partial charge in [0, 0.05) is 0 Å². The monoisotopic (exact) mass is 202 g/mol. The van der Waals surface area contributed by atoms with Gasteiger partial charge in [0.1, 0.15) is 0 Å². The molecule has 15 heavy (non-hydrogen) atoms. The van der Waals surface area contributed by atoms with Crippen LogP contribution in [0.1, 0.15) is 10.4 Å². The van der Waals surface area contributed by atoms with E-state index in [4.69, 9.17) is 11.5 Å². The number of carbonyl (C=O) groups is 1. The van der Waals surface area contributed by atoms with E-state index >= 15 is 0 Å². The first-order valence-corrected chi connectivity index (χ1v) is 4.38. The van der Waals surface area contributed by atoms with Crippen LogP contribution in [0.5, 0.6) is 0 Å². The average molecular weight is 202 g/mol. The predicted octanol–water partition coefficient (Wildman–Crippen LogP) is 0.553. The van der Waals surface area contributed by atoms with Gasteiger partial charge in [-0.25, -0.2) is 4.68 Å². The minimum Gasteiger partial charge on any atom is -0.396 e. The molecule has 2 rings (SSSR count). The molecule has 5 heteroatoms. The third kappa shape index (κ3) is 1.67. The molecular weight excluding hydrogens is 192 g/mol. The van der Waals surface area contributed by atoms with Crippen LogP contribution in [0.25, 0.3) is 5.69 Å². The van der Waals surface area contributed by atoms with Crippen molar-refractivity contribution in [3.63, 3.8) is 0 Å². The molecule has 0 fully saturated rings. The zero-order valence-electron chi connectivity index (χ0n) is 7.92. The normalized spacial score (nSPS) is 10.1. The highest BCUT2D eigenvalue weighted by molar-refractivity contribution is 5.96. The van der Waals surface area contributed by atoms with Crippen molar-refractivity contribution in [1.82, 2.24) is 9.78 Å². The van der Waals surface area contributed by atoms with E-state index in [0.717, 1.165) is 0 Å². The number of amides is 1. The van der Waals surface area contributed by atoms with Gasteiger partial charge in [-0.2, -0.15) is 5.10 Å². The summed E-state index contributed by atoms with van der Waals surface area (Å²) in [5, 5.41) is 4.01. The van der Waals surface area contributed by atoms with Crippen molar-refractivity contribution < 1.29 is 4.79 Å². The number of nitrogen functional groups attached to an aromatic ring is 1. The molecule has 0 spiro atoms. The van der Waals surface area contributed by atoms with Crippen molar-refractivity contribution >= 4 is 11.6 Å². The largest absolute Gasteiger partial charge is 0.396 e. The molecule has 2 aromatic rings. The fourth-order valence-corrected chi connectivity index (χ4v) is 1.35. The predicted molar refractivity (Wildman–Crippen MR) is 56.5 cm³/mol. The number of para-hydroxylation sites is 1. The summed E-state index contributed by atoms with van der Waals surface area (Å²) in [7, 11) is 0. The van der Waals surface area contributed by atoms with E-state index in [1.807, 2.05) is 0 Å². The number of rotatable bonds is 2. The van der Waals surface area contributed by atoms with Gasteiger partial charge < -0.3 is 11.5 Å². The Kier molecular flexibility index (Phi) is 2.13. The Hall–Kier alpha value is -2.30. The van der Waals surface area contributed by atoms with Gasteiger partial charge in [0.2, 0.25) is 0 Å². The lowest BCUT2D eigenvalue weighted by Crippen LogP contribution is -2.14. The van der Waals surface area contributed by atoms with E-state index < -0.39 is 5.91 Å². The van der Waals surface area contributed by atoms with Crippen LogP contribution in [0.3, 0.4) is 0 Å². The molecule has 1 aromatic carbocycles. The van der Waals surface area contributed by atoms with Gasteiger partial charge in [0.05, 0.1) is 29.3 Å². The van der Waals surface area contributed by atoms with Crippen LogP contribution in [0.15, 0.2) is 36.7 Å². The van der Waals surface area contributed by atoms with Gasteiger partial charge in [-0.15, -0.1) is 0 Å². The molecule has 0 aliphatic carbocycles. The SMILES string of the molecule is NC(=O)c1ccccc1-n1cc(N)cn1. The molecular formula is C10H10N4O. The zero-order valence-corrected chi connectivity index (χ0v) is 7.92. The van der Waals surface area contributed by atoms with Crippen LogP contribution >= 0.6 is 0 Å². The molecule has 76 valence electrons. The third-order valence-corrected chi connectivity index (χ3v) is 2.02. The van der Waals surface area contributed by atoms with Crippen molar-refractivity contribution in [1.29, 1.82) is 0 Å². The standard InChI is InChI=1S/C10H10N4O/c11-7-5-13-14(6-7)9-4-2-1-3-8(9)10(12)15/h1-6H,11H2,(H2,12,15). The fourth-order valence-electron chi connectivity index (χ4n) is 1.35. The van der Waals surface area contributed by atoms with E-state index in [1.165, 1.54) is 10.9 Å². The number of hydrogen-bond donors (Lipinski definition) is 2. The summed E-state index contributed by atoms with van der Waals surface area (Å²) in [6.07, 6.45) is 3.14. The Bertz CT molecular complexity index is 504. The lowest BCUT2D eigenvalue weighted by molar-refractivity contribution is 0.1000. The van der Waals surface area contributed by atoms with Gasteiger partial charge >= 0.3 is 0 Å². The molecule has 0 aliphatic heterocycles. The van der Waals surface area contributed by atoms with Crippen LogP contribution in [0.2, 0.25) is 0 Å². The molecule has 0 atom stereocenters. The van der Waals surface area contributed by atoms with E-state index in [9.17, 15) is 4.79 Å². The minimum atomic E-state index is -0.486. The van der Waals surface area contributed by atoms with Crippen LogP contribution in [-0.4, -0.2) is 15.7 Å². The molecule has 1 heterocycles. The van der Waals surface area contributed by atoms with Crippen molar-refractivity contribution in [2.24, 2.45) is 5.73 Å². The molecule has 0 bridgehead atoms. The Balaban J connectivity index is 2.57. The number of anilines is 1. The first-order chi connectivity index (χ1) is 7.18. The number of nitrogens with two attached hydrogens (primary N) is 2. The van der Waals surface area contributed by atoms with Crippen LogP contribution in [-0.2, 0) is 0 Å². The molecule has 1 amide bonds. The summed E-state index contributed by atoms with van der Waals surface area (Å²) >= 11 is 0. The van der Waals surface area contributed by atoms with Crippen molar-refractivity contribution in [3.8, 4) is 5.69 Å². The fraction of sp³-hybridized carbons (Fsp3) is 0. The molecule has 0 saturated carbocycles. The quantitative estimate of drug-likeness (QED) is 0.745. The summed E-state index contributed by atoms with van der Waals surface area (Å²) < 4.78 is 1.52. The highest BCUT2D eigenvalue weighted by Gasteiger charge is 2.09. The Morgan fingerprint density at radius 3 is 2.67 bits per heavy atom. The number of benzene rings is 1. The minimum absolute atomic E-state index is 0.417. The van der Waals surface area contributed by atoms with E-state index in [1.54, 1.807) is 30.5 Å². The second kappa shape index (κ2) is 3.45. The lowest BCUT2D eigenvalue weighted by Gasteiger charge is -2.05. The Labute approximate surface area is 86.3 Å². The maximum atomic E-state index is 11.2. The van der Waals surface area contributed by atoms with Crippen LogP contribution in [0, 0.1) is 0 Å². The number of nitrogens with zero attached hydrogens (tertiary/aromatic N) is 2. The zero-order chi connectivity index (χ0) is 10.8. The van der Waals surface area contributed by atoms with Crippen molar-refractivity contribution in [2.75, 3.05) is 5.73 Å². The smallest absolute Gasteiger partial charge is 0.250 e. The van der Waals surface area contributed by atoms with Gasteiger partial charge in [-0.05, 0) is 12.1 Å². The first-order valence-electron chi connectivity index (χ1n) is 4.38. The number of aromatic nitrogens is 2. The molecule has 0 radical (unpaired) electrons. The van der Waals surface area contributed by atoms with Crippen molar-refractivity contribution in [3.05, 3.63) is 42.2 Å². The van der Waals surface area contributed by atoms with E-state index in [-0.39, 0.29) is 0 Å². The third-order valence-electron chi connectivity index (χ3n) is 2.02. The molecule has 0 unspecified atom stereocenters. The maximum Gasteiger partial charge on any atom is 0.250 e. The summed E-state index contributed by atoms with van der Waals surface area (Å²) in [5.74, 6) is -0.486. The molecule has 4 N–H and O–H groups in total. The molecule has 0 saturated heterocycles. The van der Waals surface area contributed by atoms with Gasteiger partial charge in [-0.3, -0.25) is 4.79 Å². The lowest BCUT2D eigenvalue weighted by atomic mass is 10.1. The summed E-state index contributed by atoms with van der Waals surface area (Å²) in [6.45, 7) is 0. The number of carbonyl (C=O) groups excluding carboxylic acids is 1. The van der Waals surface area contributed by atoms with Crippen LogP contribution < -0.4 is 11.5 Å². The van der Waals surface area contributed by atoms with Crippen molar-refractivity contribution in [2.45, 2.75) is 0 Å². The highest BCUT2D eigenvalue weighted by Crippen LogP contribution is 2.14. The second-order valence-corrected chi connectivity index (χ2v) is 3.10. The van der Waals surface area contributed by atoms with Gasteiger partial charge in [0.25, 0.3) is 5.91 Å². The highest BCUT2D eigenvalue weighted by atomic mass is 16.1. The van der Waals surface area contributed by atoms with E-state index in [0.29, 0.717) is 16.9 Å². The van der Waals surface area contributed by atoms with Gasteiger partial charge in [-0.1, -0.05) is 12.1 Å². The number of primary amides is 1. The Morgan fingerprint density at radius 2 is 2.07 bits per heavy atom. The Morgan fingerprint density at radius 1 is 1.33 bits per heavy atom. The molecule has 0 aliphatic rings. The van der Waals surface area contributed by atoms with Crippen LogP contribution in [0.4, 0.5) is 5.69 Å². The maximum absolute atomic E-state index is 11.2. The van der Waals surface area contributed by atoms with Gasteiger partial charge in [0.15, 0.2) is 0 Å². The molecule has 1 aromatic heterocycles. The first kappa shape index (κ1) is 9.26. The second-order valence-electron chi connectivity index (χ2n) is 3.10. The number of hydrogen-bond acceptors (Lipinski definition) is 3.